The summed E-state index contributed by atoms with van der Waals surface area (Å²) in [4.78, 5) is 27.3. The maximum absolute atomic E-state index is 13.2. The minimum atomic E-state index is -0.480. The van der Waals surface area contributed by atoms with E-state index >= 15 is 0 Å². The third-order valence-corrected chi connectivity index (χ3v) is 6.33. The van der Waals surface area contributed by atoms with Crippen LogP contribution in [-0.2, 0) is 4.79 Å². The van der Waals surface area contributed by atoms with E-state index in [0.717, 1.165) is 16.3 Å². The van der Waals surface area contributed by atoms with Crippen molar-refractivity contribution < 1.29 is 19.1 Å². The first kappa shape index (κ1) is 20.5. The molecular weight excluding hydrogens is 444 g/mol. The summed E-state index contributed by atoms with van der Waals surface area (Å²) >= 11 is 6.27. The van der Waals surface area contributed by atoms with Crippen LogP contribution in [0, 0.1) is 0 Å². The van der Waals surface area contributed by atoms with Crippen LogP contribution in [-0.4, -0.2) is 29.5 Å². The molecule has 8 heteroatoms. The number of carbonyl (C=O) groups excluding carboxylic acids is 2. The Morgan fingerprint density at radius 3 is 2.84 bits per heavy atom. The average Bonchev–Trinajstić information content (AvgIpc) is 2.97. The number of fused-ring (bicyclic) bond motifs is 2. The highest BCUT2D eigenvalue weighted by molar-refractivity contribution is 8.26. The first-order valence-electron chi connectivity index (χ1n) is 10.1. The molecule has 0 aromatic heterocycles. The molecule has 0 saturated carbocycles. The summed E-state index contributed by atoms with van der Waals surface area (Å²) in [5.74, 6) is 0.877. The van der Waals surface area contributed by atoms with Gasteiger partial charge in [-0.3, -0.25) is 9.69 Å². The lowest BCUT2D eigenvalue weighted by molar-refractivity contribution is -0.115. The standard InChI is InChI=1S/C24H18N2O4S2/c27-22-21(32-23(31)25-22)14-15-9-10-20-18(13-15)26(11-4-12-29-20)24(28)30-19-8-3-6-16-5-1-2-7-17(16)19/h1-3,5-10,13-14H,4,11-12H2,(H,25,27,31). The number of nitrogens with zero attached hydrogens (tertiary/aromatic N) is 1. The van der Waals surface area contributed by atoms with E-state index in [2.05, 4.69) is 5.32 Å². The number of hydrogen-bond donors (Lipinski definition) is 1. The molecule has 3 aromatic carbocycles. The Morgan fingerprint density at radius 1 is 1.16 bits per heavy atom. The number of amides is 2. The lowest BCUT2D eigenvalue weighted by atomic mass is 10.1. The van der Waals surface area contributed by atoms with Gasteiger partial charge in [0.05, 0.1) is 17.2 Å². The van der Waals surface area contributed by atoms with Gasteiger partial charge in [-0.25, -0.2) is 4.79 Å². The fraction of sp³-hybridized carbons (Fsp3) is 0.125. The van der Waals surface area contributed by atoms with Gasteiger partial charge < -0.3 is 14.8 Å². The molecule has 1 saturated heterocycles. The van der Waals surface area contributed by atoms with Gasteiger partial charge in [-0.1, -0.05) is 66.4 Å². The van der Waals surface area contributed by atoms with Crippen LogP contribution < -0.4 is 19.7 Å². The molecule has 5 rings (SSSR count). The number of ether oxygens (including phenoxy) is 2. The van der Waals surface area contributed by atoms with Crippen molar-refractivity contribution in [3.05, 3.63) is 71.1 Å². The summed E-state index contributed by atoms with van der Waals surface area (Å²) in [5.41, 5.74) is 1.37. The van der Waals surface area contributed by atoms with Gasteiger partial charge in [0.2, 0.25) is 0 Å². The zero-order valence-corrected chi connectivity index (χ0v) is 18.5. The summed E-state index contributed by atoms with van der Waals surface area (Å²) in [6.07, 6.45) is 1.94. The second kappa shape index (κ2) is 8.64. The van der Waals surface area contributed by atoms with E-state index < -0.39 is 6.09 Å². The maximum atomic E-state index is 13.2. The van der Waals surface area contributed by atoms with Gasteiger partial charge in [0.15, 0.2) is 0 Å². The van der Waals surface area contributed by atoms with E-state index in [1.165, 1.54) is 11.8 Å². The molecule has 0 spiro atoms. The number of hydrogen-bond acceptors (Lipinski definition) is 6. The highest BCUT2D eigenvalue weighted by Crippen LogP contribution is 2.35. The van der Waals surface area contributed by atoms with Crippen molar-refractivity contribution in [2.24, 2.45) is 0 Å². The molecule has 0 bridgehead atoms. The molecule has 3 aromatic rings. The van der Waals surface area contributed by atoms with Crippen molar-refractivity contribution in [1.82, 2.24) is 5.32 Å². The van der Waals surface area contributed by atoms with Crippen molar-refractivity contribution in [2.75, 3.05) is 18.1 Å². The molecule has 0 aliphatic carbocycles. The van der Waals surface area contributed by atoms with Crippen LogP contribution in [0.1, 0.15) is 12.0 Å². The first-order chi connectivity index (χ1) is 15.6. The molecule has 6 nitrogen and oxygen atoms in total. The highest BCUT2D eigenvalue weighted by Gasteiger charge is 2.26. The van der Waals surface area contributed by atoms with Crippen molar-refractivity contribution >= 4 is 62.8 Å². The normalized spacial score (nSPS) is 17.0. The molecule has 0 unspecified atom stereocenters. The quantitative estimate of drug-likeness (QED) is 0.421. The maximum Gasteiger partial charge on any atom is 0.419 e. The fourth-order valence-electron chi connectivity index (χ4n) is 3.68. The largest absolute Gasteiger partial charge is 0.491 e. The SMILES string of the molecule is O=C1NC(=S)SC1=Cc1ccc2c(c1)N(C(=O)Oc1cccc3ccccc13)CCCO2. The predicted molar refractivity (Wildman–Crippen MR) is 130 cm³/mol. The van der Waals surface area contributed by atoms with Crippen molar-refractivity contribution in [2.45, 2.75) is 6.42 Å². The van der Waals surface area contributed by atoms with Crippen molar-refractivity contribution in [3.63, 3.8) is 0 Å². The number of nitrogens with one attached hydrogen (secondary N) is 1. The summed E-state index contributed by atoms with van der Waals surface area (Å²) < 4.78 is 12.1. The van der Waals surface area contributed by atoms with E-state index in [-0.39, 0.29) is 5.91 Å². The highest BCUT2D eigenvalue weighted by atomic mass is 32.2. The summed E-state index contributed by atoms with van der Waals surface area (Å²) in [6.45, 7) is 0.952. The topological polar surface area (TPSA) is 67.9 Å². The second-order valence-electron chi connectivity index (χ2n) is 7.28. The van der Waals surface area contributed by atoms with Crippen LogP contribution >= 0.6 is 24.0 Å². The number of thioether (sulfide) groups is 1. The molecular formula is C24H18N2O4S2. The van der Waals surface area contributed by atoms with E-state index in [0.29, 0.717) is 46.0 Å². The Morgan fingerprint density at radius 2 is 2.00 bits per heavy atom. The molecule has 2 heterocycles. The van der Waals surface area contributed by atoms with E-state index in [1.807, 2.05) is 48.5 Å². The van der Waals surface area contributed by atoms with Gasteiger partial charge in [0.25, 0.3) is 5.91 Å². The van der Waals surface area contributed by atoms with Crippen molar-refractivity contribution in [1.29, 1.82) is 0 Å². The molecule has 2 aliphatic rings. The van der Waals surface area contributed by atoms with Gasteiger partial charge in [-0.15, -0.1) is 0 Å². The number of benzene rings is 3. The van der Waals surface area contributed by atoms with Crippen LogP contribution in [0.15, 0.2) is 65.6 Å². The van der Waals surface area contributed by atoms with Gasteiger partial charge in [0, 0.05) is 11.9 Å². The molecule has 1 fully saturated rings. The van der Waals surface area contributed by atoms with E-state index in [9.17, 15) is 9.59 Å². The Labute approximate surface area is 194 Å². The first-order valence-corrected chi connectivity index (χ1v) is 11.3. The minimum Gasteiger partial charge on any atom is -0.491 e. The lowest BCUT2D eigenvalue weighted by Gasteiger charge is -2.22. The Bertz CT molecular complexity index is 1280. The third-order valence-electron chi connectivity index (χ3n) is 5.16. The molecule has 32 heavy (non-hydrogen) atoms. The molecule has 2 aliphatic heterocycles. The lowest BCUT2D eigenvalue weighted by Crippen LogP contribution is -2.34. The Hall–Kier alpha value is -3.36. The average molecular weight is 463 g/mol. The van der Waals surface area contributed by atoms with Gasteiger partial charge in [-0.2, -0.15) is 0 Å². The molecule has 2 amide bonds. The van der Waals surface area contributed by atoms with E-state index in [1.54, 1.807) is 23.1 Å². The molecule has 160 valence electrons. The summed E-state index contributed by atoms with van der Waals surface area (Å²) in [7, 11) is 0. The number of rotatable bonds is 2. The van der Waals surface area contributed by atoms with Crippen LogP contribution in [0.4, 0.5) is 10.5 Å². The van der Waals surface area contributed by atoms with Gasteiger partial charge >= 0.3 is 6.09 Å². The fourth-order valence-corrected chi connectivity index (χ4v) is 4.72. The van der Waals surface area contributed by atoms with Gasteiger partial charge in [0.1, 0.15) is 15.8 Å². The zero-order valence-electron chi connectivity index (χ0n) is 16.9. The predicted octanol–water partition coefficient (Wildman–Crippen LogP) is 5.12. The van der Waals surface area contributed by atoms with Crippen LogP contribution in [0.5, 0.6) is 11.5 Å². The van der Waals surface area contributed by atoms with Crippen LogP contribution in [0.3, 0.4) is 0 Å². The Kier molecular flexibility index (Phi) is 5.55. The minimum absolute atomic E-state index is 0.224. The number of thiocarbonyl (C=S) groups is 1. The zero-order chi connectivity index (χ0) is 22.1. The van der Waals surface area contributed by atoms with Crippen LogP contribution in [0.2, 0.25) is 0 Å². The summed E-state index contributed by atoms with van der Waals surface area (Å²) in [5, 5.41) is 4.47. The third kappa shape index (κ3) is 4.06. The van der Waals surface area contributed by atoms with E-state index in [4.69, 9.17) is 21.7 Å². The Balaban J connectivity index is 1.47. The number of anilines is 1. The molecule has 1 N–H and O–H groups in total. The van der Waals surface area contributed by atoms with Crippen LogP contribution in [0.25, 0.3) is 16.8 Å². The summed E-state index contributed by atoms with van der Waals surface area (Å²) in [6, 6.07) is 18.9. The molecule has 0 radical (unpaired) electrons. The second-order valence-corrected chi connectivity index (χ2v) is 9.00. The van der Waals surface area contributed by atoms with Gasteiger partial charge in [-0.05, 0) is 41.6 Å². The molecule has 0 atom stereocenters. The monoisotopic (exact) mass is 462 g/mol. The van der Waals surface area contributed by atoms with Crippen molar-refractivity contribution in [3.8, 4) is 11.5 Å². The number of carbonyl (C=O) groups is 2. The smallest absolute Gasteiger partial charge is 0.419 e.